The molecule has 19 heteroatoms. The standard InChI is InChI=1S/C29H41FN3O14P/c30-23-10-7-19(16-32-23)26(38)31-13-3-1-2-5-21(34)15-18(27(39)40)8-11-24(35)33-22(29(43)44)6-4-14-47-48(45,46)17-20(28(41)42)9-12-25(36)37/h7,10,16,18,20,22H,1-6,8-9,11-15,17H2,(H,31,38)(H,33,35)(H,36,37)(H,39,40)(H,41,42)(H,43,44)(H,45,46)/t18-,20-,22+/m1/s1/i30-1. The van der Waals surface area contributed by atoms with Crippen molar-refractivity contribution in [2.75, 3.05) is 19.3 Å². The van der Waals surface area contributed by atoms with Gasteiger partial charge in [0, 0.05) is 38.4 Å². The summed E-state index contributed by atoms with van der Waals surface area (Å²) in [5.74, 6) is -10.4. The molecule has 0 spiro atoms. The second-order valence-corrected chi connectivity index (χ2v) is 12.9. The molecule has 1 aromatic heterocycles. The molecule has 17 nitrogen and oxygen atoms in total. The smallest absolute Gasteiger partial charge is 0.328 e. The van der Waals surface area contributed by atoms with E-state index in [0.29, 0.717) is 25.8 Å². The number of carboxylic acids is 4. The van der Waals surface area contributed by atoms with E-state index < -0.39 is 99.1 Å². The largest absolute Gasteiger partial charge is 0.481 e. The maximum atomic E-state index is 12.8. The number of nitrogens with zero attached hydrogens (tertiary/aromatic N) is 1. The monoisotopic (exact) mass is 704 g/mol. The lowest BCUT2D eigenvalue weighted by Crippen LogP contribution is -2.41. The number of Topliss-reactive ketones (excluding diaryl/α,β-unsaturated/α-hetero) is 1. The van der Waals surface area contributed by atoms with E-state index in [1.807, 2.05) is 0 Å². The molecule has 0 aliphatic carbocycles. The zero-order chi connectivity index (χ0) is 36.3. The molecule has 1 heterocycles. The first-order valence-corrected chi connectivity index (χ1v) is 16.8. The van der Waals surface area contributed by atoms with Crippen molar-refractivity contribution >= 4 is 49.1 Å². The summed E-state index contributed by atoms with van der Waals surface area (Å²) in [6, 6.07) is 0.896. The first kappa shape index (κ1) is 41.7. The third-order valence-corrected chi connectivity index (χ3v) is 8.51. The topological polar surface area (TPSA) is 284 Å². The molecular formula is C29H41FN3O14P. The van der Waals surface area contributed by atoms with Crippen molar-refractivity contribution in [1.82, 2.24) is 15.6 Å². The Labute approximate surface area is 274 Å². The average Bonchev–Trinajstić information content (AvgIpc) is 3.00. The minimum Gasteiger partial charge on any atom is -0.481 e. The Kier molecular flexibility index (Phi) is 18.8. The van der Waals surface area contributed by atoms with Crippen molar-refractivity contribution in [1.29, 1.82) is 0 Å². The van der Waals surface area contributed by atoms with E-state index >= 15 is 0 Å². The Hall–Kier alpha value is -4.28. The molecule has 0 radical (unpaired) electrons. The van der Waals surface area contributed by atoms with Gasteiger partial charge in [-0.3, -0.25) is 33.3 Å². The number of amides is 2. The quantitative estimate of drug-likeness (QED) is 0.0413. The molecule has 1 rings (SSSR count). The van der Waals surface area contributed by atoms with Crippen molar-refractivity contribution < 1.29 is 72.4 Å². The van der Waals surface area contributed by atoms with Crippen molar-refractivity contribution in [2.45, 2.75) is 76.7 Å². The third kappa shape index (κ3) is 18.2. The highest BCUT2D eigenvalue weighted by molar-refractivity contribution is 7.52. The van der Waals surface area contributed by atoms with Crippen LogP contribution in [-0.2, 0) is 37.9 Å². The van der Waals surface area contributed by atoms with E-state index in [2.05, 4.69) is 15.6 Å². The molecule has 0 fully saturated rings. The Balaban J connectivity index is 2.40. The van der Waals surface area contributed by atoms with E-state index in [-0.39, 0.29) is 43.5 Å². The molecule has 48 heavy (non-hydrogen) atoms. The Morgan fingerprint density at radius 3 is 2.08 bits per heavy atom. The number of hydrogen-bond donors (Lipinski definition) is 7. The fourth-order valence-electron chi connectivity index (χ4n) is 4.37. The lowest BCUT2D eigenvalue weighted by molar-refractivity contribution is -0.145. The summed E-state index contributed by atoms with van der Waals surface area (Å²) in [6.07, 6.45) is -0.448. The SMILES string of the molecule is O=C(O)CC[C@H](CP(=O)(O)OCCC[C@H](NC(=O)CC[C@H](CC(=O)CCCCCNC(=O)c1ccc([18F])nc1)C(=O)O)C(=O)O)C(=O)O. The van der Waals surface area contributed by atoms with Gasteiger partial charge in [0.15, 0.2) is 0 Å². The minimum absolute atomic E-state index is 0.0784. The number of halogens is 1. The molecule has 0 bridgehead atoms. The molecule has 1 unspecified atom stereocenters. The third-order valence-electron chi connectivity index (χ3n) is 7.02. The normalized spacial score (nSPS) is 14.1. The molecule has 1 aromatic rings. The summed E-state index contributed by atoms with van der Waals surface area (Å²) < 4.78 is 29.9. The Bertz CT molecular complexity index is 1330. The number of rotatable bonds is 26. The lowest BCUT2D eigenvalue weighted by Gasteiger charge is -2.18. The highest BCUT2D eigenvalue weighted by Gasteiger charge is 2.31. The van der Waals surface area contributed by atoms with Gasteiger partial charge in [0.25, 0.3) is 5.91 Å². The zero-order valence-corrected chi connectivity index (χ0v) is 26.9. The van der Waals surface area contributed by atoms with Crippen LogP contribution in [0.5, 0.6) is 0 Å². The van der Waals surface area contributed by atoms with Gasteiger partial charge in [-0.1, -0.05) is 6.42 Å². The predicted octanol–water partition coefficient (Wildman–Crippen LogP) is 2.07. The molecule has 7 N–H and O–H groups in total. The molecule has 4 atom stereocenters. The number of aliphatic carboxylic acids is 4. The molecule has 268 valence electrons. The summed E-state index contributed by atoms with van der Waals surface area (Å²) in [5.41, 5.74) is 0.196. The van der Waals surface area contributed by atoms with Gasteiger partial charge in [0.05, 0.1) is 30.2 Å². The van der Waals surface area contributed by atoms with Crippen LogP contribution < -0.4 is 10.6 Å². The number of ketones is 1. The van der Waals surface area contributed by atoms with Gasteiger partial charge in [0.2, 0.25) is 11.9 Å². The van der Waals surface area contributed by atoms with E-state index in [1.54, 1.807) is 0 Å². The number of pyridine rings is 1. The van der Waals surface area contributed by atoms with Crippen LogP contribution in [0.15, 0.2) is 18.3 Å². The van der Waals surface area contributed by atoms with Crippen molar-refractivity contribution in [3.05, 3.63) is 29.8 Å². The first-order chi connectivity index (χ1) is 22.5. The number of nitrogens with one attached hydrogen (secondary N) is 2. The van der Waals surface area contributed by atoms with Gasteiger partial charge in [0.1, 0.15) is 11.8 Å². The fourth-order valence-corrected chi connectivity index (χ4v) is 5.79. The number of unbranched alkanes of at least 4 members (excludes halogenated alkanes) is 2. The van der Waals surface area contributed by atoms with Gasteiger partial charge in [-0.15, -0.1) is 0 Å². The number of carbonyl (C=O) groups excluding carboxylic acids is 3. The molecule has 0 aliphatic heterocycles. The number of carboxylic acid groups (broad SMARTS) is 4. The maximum Gasteiger partial charge on any atom is 0.328 e. The van der Waals surface area contributed by atoms with Gasteiger partial charge < -0.3 is 40.5 Å². The van der Waals surface area contributed by atoms with Crippen LogP contribution in [-0.4, -0.2) is 97.1 Å². The second kappa shape index (κ2) is 21.6. The molecular weight excluding hydrogens is 663 g/mol. The average molecular weight is 705 g/mol. The van der Waals surface area contributed by atoms with Crippen molar-refractivity contribution in [2.24, 2.45) is 11.8 Å². The maximum absolute atomic E-state index is 12.8. The highest BCUT2D eigenvalue weighted by atomic mass is 31.2. The van der Waals surface area contributed by atoms with E-state index in [9.17, 15) is 57.6 Å². The van der Waals surface area contributed by atoms with Crippen molar-refractivity contribution in [3.63, 3.8) is 0 Å². The van der Waals surface area contributed by atoms with Gasteiger partial charge >= 0.3 is 31.5 Å². The Morgan fingerprint density at radius 1 is 0.833 bits per heavy atom. The summed E-state index contributed by atoms with van der Waals surface area (Å²) in [6.45, 7) is -0.169. The van der Waals surface area contributed by atoms with Gasteiger partial charge in [-0.25, -0.2) is 9.78 Å². The summed E-state index contributed by atoms with van der Waals surface area (Å²) in [5, 5.41) is 41.6. The van der Waals surface area contributed by atoms with E-state index in [4.69, 9.17) is 14.7 Å². The first-order valence-electron chi connectivity index (χ1n) is 15.1. The summed E-state index contributed by atoms with van der Waals surface area (Å²) in [7, 11) is -4.46. The van der Waals surface area contributed by atoms with E-state index in [1.165, 1.54) is 6.07 Å². The van der Waals surface area contributed by atoms with Crippen LogP contribution in [0.2, 0.25) is 0 Å². The van der Waals surface area contributed by atoms with Crippen LogP contribution in [0.1, 0.15) is 81.0 Å². The predicted molar refractivity (Wildman–Crippen MR) is 162 cm³/mol. The lowest BCUT2D eigenvalue weighted by atomic mass is 9.94. The zero-order valence-electron chi connectivity index (χ0n) is 26.0. The van der Waals surface area contributed by atoms with Crippen LogP contribution in [0, 0.1) is 17.8 Å². The number of carbonyl (C=O) groups is 7. The summed E-state index contributed by atoms with van der Waals surface area (Å²) in [4.78, 5) is 95.2. The molecule has 0 aliphatic rings. The molecule has 0 aromatic carbocycles. The number of aromatic nitrogens is 1. The molecule has 0 saturated carbocycles. The Morgan fingerprint density at radius 2 is 1.50 bits per heavy atom. The molecule has 2 amide bonds. The fraction of sp³-hybridized carbons (Fsp3) is 0.586. The van der Waals surface area contributed by atoms with Gasteiger partial charge in [-0.2, -0.15) is 4.39 Å². The second-order valence-electron chi connectivity index (χ2n) is 11.0. The van der Waals surface area contributed by atoms with E-state index in [0.717, 1.165) is 12.3 Å². The van der Waals surface area contributed by atoms with Crippen LogP contribution in [0.3, 0.4) is 0 Å². The summed E-state index contributed by atoms with van der Waals surface area (Å²) >= 11 is 0. The number of hydrogen-bond acceptors (Lipinski definition) is 10. The molecule has 0 saturated heterocycles. The minimum atomic E-state index is -4.46. The van der Waals surface area contributed by atoms with Gasteiger partial charge in [-0.05, 0) is 50.7 Å². The van der Waals surface area contributed by atoms with Crippen LogP contribution >= 0.6 is 7.60 Å². The highest BCUT2D eigenvalue weighted by Crippen LogP contribution is 2.44. The van der Waals surface area contributed by atoms with Crippen LogP contribution in [0.4, 0.5) is 4.39 Å². The van der Waals surface area contributed by atoms with Crippen molar-refractivity contribution in [3.8, 4) is 0 Å². The van der Waals surface area contributed by atoms with Crippen LogP contribution in [0.25, 0.3) is 0 Å².